The lowest BCUT2D eigenvalue weighted by Crippen LogP contribution is -2.11. The molecular weight excluding hydrogens is 213 g/mol. The van der Waals surface area contributed by atoms with Gasteiger partial charge in [0.15, 0.2) is 0 Å². The lowest BCUT2D eigenvalue weighted by Gasteiger charge is -2.08. The number of methoxy groups -OCH3 is 1. The minimum absolute atomic E-state index is 0.380. The average Bonchev–Trinajstić information content (AvgIpc) is 2.16. The summed E-state index contributed by atoms with van der Waals surface area (Å²) >= 11 is 0. The minimum Gasteiger partial charge on any atom is -0.465 e. The number of aromatic nitrogens is 1. The van der Waals surface area contributed by atoms with Gasteiger partial charge in [-0.1, -0.05) is 0 Å². The molecule has 4 nitrogen and oxygen atoms in total. The van der Waals surface area contributed by atoms with Crippen LogP contribution < -0.4 is 5.73 Å². The molecule has 0 radical (unpaired) electrons. The molecule has 0 fully saturated rings. The van der Waals surface area contributed by atoms with Gasteiger partial charge in [-0.05, 0) is 0 Å². The van der Waals surface area contributed by atoms with Crippen LogP contribution in [0.15, 0.2) is 6.20 Å². The van der Waals surface area contributed by atoms with E-state index in [1.54, 1.807) is 0 Å². The van der Waals surface area contributed by atoms with Crippen molar-refractivity contribution in [3.05, 3.63) is 23.3 Å². The zero-order valence-corrected chi connectivity index (χ0v) is 7.63. The van der Waals surface area contributed by atoms with E-state index in [2.05, 4.69) is 9.72 Å². The molecule has 15 heavy (non-hydrogen) atoms. The zero-order valence-electron chi connectivity index (χ0n) is 7.63. The Bertz CT molecular complexity index is 396. The molecule has 0 amide bonds. The van der Waals surface area contributed by atoms with Crippen LogP contribution in [-0.2, 0) is 4.74 Å². The molecule has 1 aromatic heterocycles. The van der Waals surface area contributed by atoms with Crippen LogP contribution in [-0.4, -0.2) is 18.1 Å². The number of nitrogens with zero attached hydrogens (tertiary/aromatic N) is 1. The summed E-state index contributed by atoms with van der Waals surface area (Å²) < 4.78 is 41.7. The molecule has 1 rings (SSSR count). The number of pyridine rings is 1. The van der Waals surface area contributed by atoms with Crippen molar-refractivity contribution in [1.29, 1.82) is 0 Å². The summed E-state index contributed by atoms with van der Waals surface area (Å²) in [5.41, 5.74) is 3.09. The van der Waals surface area contributed by atoms with Gasteiger partial charge in [0.1, 0.15) is 5.56 Å². The molecule has 82 valence electrons. The molecule has 0 spiro atoms. The standard InChI is InChI=1S/C8H7F3N2O2/c1-15-8(14)3-2-13-7(11)4(5(3)12)6(9)10/h2,6H,1H3,(H2,12,13). The monoisotopic (exact) mass is 220 g/mol. The van der Waals surface area contributed by atoms with Gasteiger partial charge < -0.3 is 10.5 Å². The van der Waals surface area contributed by atoms with E-state index in [-0.39, 0.29) is 5.56 Å². The van der Waals surface area contributed by atoms with Crippen molar-refractivity contribution < 1.29 is 22.7 Å². The Kier molecular flexibility index (Phi) is 3.13. The second-order valence-corrected chi connectivity index (χ2v) is 2.58. The Balaban J connectivity index is 3.35. The number of nitrogens with two attached hydrogens (primary N) is 1. The number of nitrogen functional groups attached to an aromatic ring is 1. The highest BCUT2D eigenvalue weighted by Crippen LogP contribution is 2.29. The summed E-state index contributed by atoms with van der Waals surface area (Å²) in [5.74, 6) is -2.34. The first-order valence-corrected chi connectivity index (χ1v) is 3.79. The fraction of sp³-hybridized carbons (Fsp3) is 0.250. The fourth-order valence-electron chi connectivity index (χ4n) is 0.997. The third kappa shape index (κ3) is 2.00. The number of ether oxygens (including phenoxy) is 1. The third-order valence-corrected chi connectivity index (χ3v) is 1.73. The van der Waals surface area contributed by atoms with Crippen LogP contribution in [0.4, 0.5) is 18.9 Å². The Morgan fingerprint density at radius 1 is 1.60 bits per heavy atom. The van der Waals surface area contributed by atoms with Crippen molar-refractivity contribution in [1.82, 2.24) is 4.98 Å². The summed E-state index contributed by atoms with van der Waals surface area (Å²) in [5, 5.41) is 0. The molecule has 7 heteroatoms. The normalized spacial score (nSPS) is 10.5. The van der Waals surface area contributed by atoms with Crippen molar-refractivity contribution in [3.8, 4) is 0 Å². The van der Waals surface area contributed by atoms with E-state index in [0.29, 0.717) is 0 Å². The van der Waals surface area contributed by atoms with Crippen LogP contribution >= 0.6 is 0 Å². The third-order valence-electron chi connectivity index (χ3n) is 1.73. The Morgan fingerprint density at radius 3 is 2.67 bits per heavy atom. The summed E-state index contributed by atoms with van der Waals surface area (Å²) in [6, 6.07) is 0. The zero-order chi connectivity index (χ0) is 11.6. The molecule has 2 N–H and O–H groups in total. The van der Waals surface area contributed by atoms with Crippen LogP contribution in [0.25, 0.3) is 0 Å². The number of esters is 1. The molecule has 0 aliphatic heterocycles. The Hall–Kier alpha value is -1.79. The first-order chi connectivity index (χ1) is 6.99. The fourth-order valence-corrected chi connectivity index (χ4v) is 0.997. The molecule has 0 saturated heterocycles. The number of hydrogen-bond donors (Lipinski definition) is 1. The van der Waals surface area contributed by atoms with Crippen molar-refractivity contribution in [2.75, 3.05) is 12.8 Å². The molecule has 1 aromatic rings. The van der Waals surface area contributed by atoms with E-state index in [9.17, 15) is 18.0 Å². The quantitative estimate of drug-likeness (QED) is 0.606. The molecule has 0 bridgehead atoms. The van der Waals surface area contributed by atoms with Crippen molar-refractivity contribution in [2.45, 2.75) is 6.43 Å². The van der Waals surface area contributed by atoms with Crippen molar-refractivity contribution in [2.24, 2.45) is 0 Å². The molecule has 0 unspecified atom stereocenters. The van der Waals surface area contributed by atoms with Gasteiger partial charge in [-0.25, -0.2) is 18.6 Å². The highest BCUT2D eigenvalue weighted by molar-refractivity contribution is 5.95. The maximum Gasteiger partial charge on any atom is 0.341 e. The van der Waals surface area contributed by atoms with Crippen molar-refractivity contribution >= 4 is 11.7 Å². The van der Waals surface area contributed by atoms with E-state index in [4.69, 9.17) is 5.73 Å². The average molecular weight is 220 g/mol. The van der Waals surface area contributed by atoms with E-state index in [0.717, 1.165) is 13.3 Å². The Labute approximate surface area is 82.9 Å². The predicted molar refractivity (Wildman–Crippen MR) is 44.9 cm³/mol. The van der Waals surface area contributed by atoms with Gasteiger partial charge in [0, 0.05) is 6.20 Å². The highest BCUT2D eigenvalue weighted by atomic mass is 19.3. The van der Waals surface area contributed by atoms with Crippen LogP contribution in [0, 0.1) is 5.95 Å². The SMILES string of the molecule is COC(=O)c1cnc(F)c(C(F)F)c1N. The van der Waals surface area contributed by atoms with Gasteiger partial charge in [0.05, 0.1) is 18.4 Å². The van der Waals surface area contributed by atoms with Gasteiger partial charge in [-0.2, -0.15) is 4.39 Å². The smallest absolute Gasteiger partial charge is 0.341 e. The molecule has 0 aromatic carbocycles. The number of carbonyl (C=O) groups is 1. The number of alkyl halides is 2. The number of halogens is 3. The molecular formula is C8H7F3N2O2. The van der Waals surface area contributed by atoms with Crippen LogP contribution in [0.2, 0.25) is 0 Å². The molecule has 1 heterocycles. The summed E-state index contributed by atoms with van der Waals surface area (Å²) in [4.78, 5) is 14.0. The van der Waals surface area contributed by atoms with Crippen LogP contribution in [0.5, 0.6) is 0 Å². The van der Waals surface area contributed by atoms with Gasteiger partial charge in [0.2, 0.25) is 5.95 Å². The minimum atomic E-state index is -3.14. The van der Waals surface area contributed by atoms with E-state index >= 15 is 0 Å². The Morgan fingerprint density at radius 2 is 2.20 bits per heavy atom. The molecule has 0 aliphatic rings. The lowest BCUT2D eigenvalue weighted by atomic mass is 10.1. The summed E-state index contributed by atoms with van der Waals surface area (Å²) in [6.07, 6.45) is -2.38. The van der Waals surface area contributed by atoms with Gasteiger partial charge in [0.25, 0.3) is 6.43 Å². The first kappa shape index (κ1) is 11.3. The van der Waals surface area contributed by atoms with Crippen LogP contribution in [0.1, 0.15) is 22.3 Å². The molecule has 0 aliphatic carbocycles. The largest absolute Gasteiger partial charge is 0.465 e. The van der Waals surface area contributed by atoms with Gasteiger partial charge in [-0.3, -0.25) is 0 Å². The van der Waals surface area contributed by atoms with Crippen molar-refractivity contribution in [3.63, 3.8) is 0 Å². The second-order valence-electron chi connectivity index (χ2n) is 2.58. The van der Waals surface area contributed by atoms with E-state index in [1.165, 1.54) is 0 Å². The summed E-state index contributed by atoms with van der Waals surface area (Å²) in [6.45, 7) is 0. The van der Waals surface area contributed by atoms with E-state index < -0.39 is 29.6 Å². The van der Waals surface area contributed by atoms with Gasteiger partial charge in [-0.15, -0.1) is 0 Å². The number of hydrogen-bond acceptors (Lipinski definition) is 4. The summed E-state index contributed by atoms with van der Waals surface area (Å²) in [7, 11) is 1.05. The lowest BCUT2D eigenvalue weighted by molar-refractivity contribution is 0.0601. The maximum atomic E-state index is 12.8. The predicted octanol–water partition coefficient (Wildman–Crippen LogP) is 1.53. The van der Waals surface area contributed by atoms with Crippen LogP contribution in [0.3, 0.4) is 0 Å². The van der Waals surface area contributed by atoms with E-state index in [1.807, 2.05) is 0 Å². The molecule has 0 atom stereocenters. The highest BCUT2D eigenvalue weighted by Gasteiger charge is 2.23. The molecule has 0 saturated carbocycles. The maximum absolute atomic E-state index is 12.8. The first-order valence-electron chi connectivity index (χ1n) is 3.79. The number of carbonyl (C=O) groups excluding carboxylic acids is 1. The number of anilines is 1. The number of rotatable bonds is 2. The topological polar surface area (TPSA) is 65.2 Å². The van der Waals surface area contributed by atoms with Gasteiger partial charge >= 0.3 is 5.97 Å². The second kappa shape index (κ2) is 4.16.